The standard InChI is InChI=1S/C20H25NO5/c22-17(16-8-5-6-12-21-16)11-10-15-14(18(23)13-19(15)24)7-3-1-2-4-9-20(25)26/h1,3,5-6,8,10-12,14-15,17,19,22,24H,2,4,7,9,13H2,(H,25,26)/t14-,15-,17-,19-/m1/s1. The molecule has 0 spiro atoms. The van der Waals surface area contributed by atoms with Crippen molar-refractivity contribution in [1.82, 2.24) is 4.98 Å². The van der Waals surface area contributed by atoms with Crippen molar-refractivity contribution in [3.05, 3.63) is 54.4 Å². The molecule has 6 nitrogen and oxygen atoms in total. The minimum Gasteiger partial charge on any atom is -0.481 e. The smallest absolute Gasteiger partial charge is 0.303 e. The van der Waals surface area contributed by atoms with Crippen LogP contribution in [0.2, 0.25) is 0 Å². The maximum atomic E-state index is 12.1. The molecule has 1 saturated carbocycles. The van der Waals surface area contributed by atoms with Gasteiger partial charge in [0.1, 0.15) is 11.9 Å². The fourth-order valence-electron chi connectivity index (χ4n) is 3.14. The van der Waals surface area contributed by atoms with Crippen LogP contribution in [-0.2, 0) is 9.59 Å². The molecular weight excluding hydrogens is 334 g/mol. The summed E-state index contributed by atoms with van der Waals surface area (Å²) in [5, 5.41) is 28.9. The second kappa shape index (κ2) is 9.99. The Morgan fingerprint density at radius 3 is 2.85 bits per heavy atom. The zero-order chi connectivity index (χ0) is 18.9. The minimum atomic E-state index is -0.883. The van der Waals surface area contributed by atoms with Crippen molar-refractivity contribution < 1.29 is 24.9 Å². The molecule has 1 aliphatic rings. The van der Waals surface area contributed by atoms with E-state index < -0.39 is 18.2 Å². The summed E-state index contributed by atoms with van der Waals surface area (Å²) in [6.45, 7) is 0. The second-order valence-corrected chi connectivity index (χ2v) is 6.50. The molecule has 26 heavy (non-hydrogen) atoms. The van der Waals surface area contributed by atoms with Gasteiger partial charge in [0.25, 0.3) is 0 Å². The lowest BCUT2D eigenvalue weighted by molar-refractivity contribution is -0.137. The van der Waals surface area contributed by atoms with E-state index >= 15 is 0 Å². The first-order chi connectivity index (χ1) is 12.5. The van der Waals surface area contributed by atoms with Gasteiger partial charge in [0.15, 0.2) is 0 Å². The van der Waals surface area contributed by atoms with Gasteiger partial charge in [-0.15, -0.1) is 0 Å². The molecule has 2 rings (SSSR count). The van der Waals surface area contributed by atoms with E-state index in [1.807, 2.05) is 12.2 Å². The Kier molecular flexibility index (Phi) is 7.69. The fourth-order valence-corrected chi connectivity index (χ4v) is 3.14. The van der Waals surface area contributed by atoms with Crippen molar-refractivity contribution in [2.24, 2.45) is 11.8 Å². The lowest BCUT2D eigenvalue weighted by Crippen LogP contribution is -2.18. The van der Waals surface area contributed by atoms with Crippen LogP contribution in [0.1, 0.15) is 43.9 Å². The second-order valence-electron chi connectivity index (χ2n) is 6.50. The Morgan fingerprint density at radius 1 is 1.35 bits per heavy atom. The largest absolute Gasteiger partial charge is 0.481 e. The molecule has 1 fully saturated rings. The van der Waals surface area contributed by atoms with Gasteiger partial charge in [0.05, 0.1) is 11.8 Å². The molecule has 140 valence electrons. The van der Waals surface area contributed by atoms with Gasteiger partial charge in [-0.1, -0.05) is 30.4 Å². The van der Waals surface area contributed by atoms with Gasteiger partial charge in [-0.25, -0.2) is 0 Å². The van der Waals surface area contributed by atoms with Gasteiger partial charge in [0, 0.05) is 30.9 Å². The quantitative estimate of drug-likeness (QED) is 0.462. The number of Topliss-reactive ketones (excluding diaryl/α,β-unsaturated/α-hetero) is 1. The van der Waals surface area contributed by atoms with Crippen LogP contribution < -0.4 is 0 Å². The van der Waals surface area contributed by atoms with Crippen molar-refractivity contribution >= 4 is 11.8 Å². The fraction of sp³-hybridized carbons (Fsp3) is 0.450. The molecule has 6 heteroatoms. The number of allylic oxidation sites excluding steroid dienone is 2. The van der Waals surface area contributed by atoms with Crippen LogP contribution in [0.25, 0.3) is 0 Å². The number of nitrogens with zero attached hydrogens (tertiary/aromatic N) is 1. The molecule has 0 amide bonds. The normalized spacial score (nSPS) is 24.5. The summed E-state index contributed by atoms with van der Waals surface area (Å²) in [5.74, 6) is -1.48. The van der Waals surface area contributed by atoms with Crippen LogP contribution in [-0.4, -0.2) is 38.2 Å². The van der Waals surface area contributed by atoms with Crippen LogP contribution in [0.4, 0.5) is 0 Å². The number of aliphatic hydroxyl groups excluding tert-OH is 2. The van der Waals surface area contributed by atoms with Gasteiger partial charge < -0.3 is 15.3 Å². The Labute approximate surface area is 152 Å². The van der Waals surface area contributed by atoms with E-state index in [9.17, 15) is 19.8 Å². The van der Waals surface area contributed by atoms with E-state index in [0.717, 1.165) is 0 Å². The first-order valence-electron chi connectivity index (χ1n) is 8.84. The average Bonchev–Trinajstić information content (AvgIpc) is 2.89. The van der Waals surface area contributed by atoms with Gasteiger partial charge in [-0.3, -0.25) is 14.6 Å². The minimum absolute atomic E-state index is 0.00895. The van der Waals surface area contributed by atoms with Crippen LogP contribution in [0.5, 0.6) is 0 Å². The third-order valence-electron chi connectivity index (χ3n) is 4.56. The first kappa shape index (κ1) is 20.0. The molecule has 1 heterocycles. The molecule has 1 aliphatic carbocycles. The van der Waals surface area contributed by atoms with E-state index in [0.29, 0.717) is 25.0 Å². The molecule has 0 unspecified atom stereocenters. The SMILES string of the molecule is O=C(O)CCCC=CC[C@H]1C(=O)C[C@@H](O)[C@@H]1C=C[C@@H](O)c1ccccn1. The zero-order valence-corrected chi connectivity index (χ0v) is 14.6. The molecule has 0 saturated heterocycles. The van der Waals surface area contributed by atoms with E-state index in [4.69, 9.17) is 5.11 Å². The number of carboxylic acids is 1. The predicted molar refractivity (Wildman–Crippen MR) is 96.2 cm³/mol. The number of pyridine rings is 1. The summed E-state index contributed by atoms with van der Waals surface area (Å²) in [4.78, 5) is 26.7. The number of ketones is 1. The number of carboxylic acid groups (broad SMARTS) is 1. The molecule has 1 aromatic heterocycles. The molecule has 3 N–H and O–H groups in total. The van der Waals surface area contributed by atoms with Crippen molar-refractivity contribution in [2.75, 3.05) is 0 Å². The molecular formula is C20H25NO5. The zero-order valence-electron chi connectivity index (χ0n) is 14.6. The van der Waals surface area contributed by atoms with Crippen molar-refractivity contribution in [3.8, 4) is 0 Å². The summed E-state index contributed by atoms with van der Waals surface area (Å²) < 4.78 is 0. The molecule has 0 bridgehead atoms. The first-order valence-corrected chi connectivity index (χ1v) is 8.84. The Hall–Kier alpha value is -2.31. The van der Waals surface area contributed by atoms with Crippen LogP contribution >= 0.6 is 0 Å². The van der Waals surface area contributed by atoms with Gasteiger partial charge in [-0.2, -0.15) is 0 Å². The summed E-state index contributed by atoms with van der Waals surface area (Å²) in [7, 11) is 0. The number of carbonyl (C=O) groups excluding carboxylic acids is 1. The number of aromatic nitrogens is 1. The molecule has 0 radical (unpaired) electrons. The van der Waals surface area contributed by atoms with E-state index in [2.05, 4.69) is 4.98 Å². The van der Waals surface area contributed by atoms with Crippen molar-refractivity contribution in [2.45, 2.75) is 44.3 Å². The summed E-state index contributed by atoms with van der Waals surface area (Å²) in [6.07, 6.45) is 8.94. The topological polar surface area (TPSA) is 108 Å². The molecule has 0 aliphatic heterocycles. The maximum absolute atomic E-state index is 12.1. The van der Waals surface area contributed by atoms with E-state index in [1.165, 1.54) is 0 Å². The van der Waals surface area contributed by atoms with Crippen LogP contribution in [0.3, 0.4) is 0 Å². The number of unbranched alkanes of at least 4 members (excludes halogenated alkanes) is 1. The van der Waals surface area contributed by atoms with Gasteiger partial charge in [-0.05, 0) is 31.4 Å². The van der Waals surface area contributed by atoms with E-state index in [1.54, 1.807) is 36.5 Å². The number of hydrogen-bond donors (Lipinski definition) is 3. The highest BCUT2D eigenvalue weighted by Gasteiger charge is 2.39. The average molecular weight is 359 g/mol. The van der Waals surface area contributed by atoms with E-state index in [-0.39, 0.29) is 30.5 Å². The number of aliphatic hydroxyl groups is 2. The molecule has 1 aromatic rings. The number of carbonyl (C=O) groups is 2. The molecule has 4 atom stereocenters. The summed E-state index contributed by atoms with van der Waals surface area (Å²) in [6, 6.07) is 5.26. The third kappa shape index (κ3) is 5.89. The highest BCUT2D eigenvalue weighted by atomic mass is 16.4. The van der Waals surface area contributed by atoms with Crippen molar-refractivity contribution in [3.63, 3.8) is 0 Å². The number of aliphatic carboxylic acids is 1. The van der Waals surface area contributed by atoms with Crippen molar-refractivity contribution in [1.29, 1.82) is 0 Å². The lowest BCUT2D eigenvalue weighted by atomic mass is 9.90. The summed E-state index contributed by atoms with van der Waals surface area (Å²) in [5.41, 5.74) is 0.512. The predicted octanol–water partition coefficient (Wildman–Crippen LogP) is 2.44. The Balaban J connectivity index is 1.92. The Bertz CT molecular complexity index is 655. The summed E-state index contributed by atoms with van der Waals surface area (Å²) >= 11 is 0. The number of rotatable bonds is 9. The van der Waals surface area contributed by atoms with Gasteiger partial charge >= 0.3 is 5.97 Å². The lowest BCUT2D eigenvalue weighted by Gasteiger charge is -2.16. The maximum Gasteiger partial charge on any atom is 0.303 e. The van der Waals surface area contributed by atoms with Crippen LogP contribution in [0, 0.1) is 11.8 Å². The highest BCUT2D eigenvalue weighted by molar-refractivity contribution is 5.84. The monoisotopic (exact) mass is 359 g/mol. The molecule has 0 aromatic carbocycles. The number of hydrogen-bond acceptors (Lipinski definition) is 5. The Morgan fingerprint density at radius 2 is 2.15 bits per heavy atom. The third-order valence-corrected chi connectivity index (χ3v) is 4.56. The van der Waals surface area contributed by atoms with Crippen LogP contribution in [0.15, 0.2) is 48.7 Å². The highest BCUT2D eigenvalue weighted by Crippen LogP contribution is 2.33. The van der Waals surface area contributed by atoms with Gasteiger partial charge in [0.2, 0.25) is 0 Å².